The fourth-order valence-corrected chi connectivity index (χ4v) is 4.31. The van der Waals surface area contributed by atoms with Crippen LogP contribution in [0.4, 0.5) is 0 Å². The summed E-state index contributed by atoms with van der Waals surface area (Å²) in [7, 11) is 1.39. The van der Waals surface area contributed by atoms with Gasteiger partial charge in [-0.15, -0.1) is 11.6 Å². The Morgan fingerprint density at radius 1 is 1.22 bits per heavy atom. The zero-order valence-electron chi connectivity index (χ0n) is 15.2. The van der Waals surface area contributed by atoms with Crippen molar-refractivity contribution in [2.24, 2.45) is 11.8 Å². The molecule has 0 spiro atoms. The van der Waals surface area contributed by atoms with Crippen LogP contribution in [0.5, 0.6) is 5.75 Å². The number of hydrogen-bond acceptors (Lipinski definition) is 4. The van der Waals surface area contributed by atoms with E-state index in [1.807, 2.05) is 6.08 Å². The SMILES string of the molecule is COC(=O)CCC/C=C\C[C@@H]1[C@@H](COc2cc(Cl)cc(Cl)c2)[C@H](O)C[C@@H]1Cl. The molecule has 27 heavy (non-hydrogen) atoms. The van der Waals surface area contributed by atoms with E-state index in [4.69, 9.17) is 39.5 Å². The number of unbranched alkanes of at least 4 members (excludes halogenated alkanes) is 1. The van der Waals surface area contributed by atoms with Gasteiger partial charge in [0, 0.05) is 27.8 Å². The highest BCUT2D eigenvalue weighted by atomic mass is 35.5. The van der Waals surface area contributed by atoms with Crippen LogP contribution in [0.1, 0.15) is 32.1 Å². The van der Waals surface area contributed by atoms with Crippen LogP contribution in [0, 0.1) is 11.8 Å². The number of carbonyl (C=O) groups excluding carboxylic acids is 1. The highest BCUT2D eigenvalue weighted by Crippen LogP contribution is 2.39. The summed E-state index contributed by atoms with van der Waals surface area (Å²) in [4.78, 5) is 11.1. The van der Waals surface area contributed by atoms with Crippen molar-refractivity contribution in [1.29, 1.82) is 0 Å². The van der Waals surface area contributed by atoms with E-state index >= 15 is 0 Å². The van der Waals surface area contributed by atoms with E-state index in [0.717, 1.165) is 19.3 Å². The molecule has 0 amide bonds. The van der Waals surface area contributed by atoms with Gasteiger partial charge in [-0.05, 0) is 49.8 Å². The van der Waals surface area contributed by atoms with E-state index in [1.54, 1.807) is 18.2 Å². The maximum atomic E-state index is 11.1. The summed E-state index contributed by atoms with van der Waals surface area (Å²) in [5.41, 5.74) is 0. The molecule has 0 radical (unpaired) electrons. The monoisotopic (exact) mass is 434 g/mol. The van der Waals surface area contributed by atoms with Gasteiger partial charge in [-0.3, -0.25) is 4.79 Å². The second kappa shape index (κ2) is 11.2. The molecule has 0 saturated heterocycles. The normalized spacial score (nSPS) is 25.1. The van der Waals surface area contributed by atoms with E-state index in [2.05, 4.69) is 10.8 Å². The minimum atomic E-state index is -0.500. The van der Waals surface area contributed by atoms with Crippen LogP contribution in [0.3, 0.4) is 0 Å². The number of benzene rings is 1. The fourth-order valence-electron chi connectivity index (χ4n) is 3.33. The first-order valence-electron chi connectivity index (χ1n) is 9.03. The number of carbonyl (C=O) groups is 1. The number of methoxy groups -OCH3 is 1. The van der Waals surface area contributed by atoms with Gasteiger partial charge < -0.3 is 14.6 Å². The lowest BCUT2D eigenvalue weighted by Crippen LogP contribution is -2.27. The van der Waals surface area contributed by atoms with E-state index in [0.29, 0.717) is 35.2 Å². The van der Waals surface area contributed by atoms with Crippen molar-refractivity contribution in [3.63, 3.8) is 0 Å². The number of aliphatic hydroxyl groups is 1. The van der Waals surface area contributed by atoms with Crippen molar-refractivity contribution >= 4 is 40.8 Å². The Labute approximate surface area is 175 Å². The molecule has 0 aromatic heterocycles. The highest BCUT2D eigenvalue weighted by molar-refractivity contribution is 6.34. The smallest absolute Gasteiger partial charge is 0.305 e. The number of hydrogen-bond donors (Lipinski definition) is 1. The molecule has 1 aromatic rings. The lowest BCUT2D eigenvalue weighted by molar-refractivity contribution is -0.140. The fraction of sp³-hybridized carbons (Fsp3) is 0.550. The molecule has 4 atom stereocenters. The van der Waals surface area contributed by atoms with Crippen LogP contribution in [-0.4, -0.2) is 36.3 Å². The summed E-state index contributed by atoms with van der Waals surface area (Å²) in [5.74, 6) is 0.439. The number of ether oxygens (including phenoxy) is 2. The van der Waals surface area contributed by atoms with Gasteiger partial charge in [0.05, 0.1) is 19.8 Å². The summed E-state index contributed by atoms with van der Waals surface area (Å²) in [6.45, 7) is 0.349. The van der Waals surface area contributed by atoms with Crippen molar-refractivity contribution in [2.45, 2.75) is 43.6 Å². The summed E-state index contributed by atoms with van der Waals surface area (Å²) in [6, 6.07) is 5.04. The van der Waals surface area contributed by atoms with Crippen LogP contribution in [-0.2, 0) is 9.53 Å². The lowest BCUT2D eigenvalue weighted by atomic mass is 9.92. The number of rotatable bonds is 9. The van der Waals surface area contributed by atoms with Crippen molar-refractivity contribution in [1.82, 2.24) is 0 Å². The van der Waals surface area contributed by atoms with Gasteiger partial charge in [-0.1, -0.05) is 35.4 Å². The number of esters is 1. The Bertz CT molecular complexity index is 630. The molecule has 2 rings (SSSR count). The zero-order valence-corrected chi connectivity index (χ0v) is 17.5. The Balaban J connectivity index is 1.85. The van der Waals surface area contributed by atoms with Crippen molar-refractivity contribution in [3.05, 3.63) is 40.4 Å². The minimum Gasteiger partial charge on any atom is -0.493 e. The molecule has 4 nitrogen and oxygen atoms in total. The molecule has 1 N–H and O–H groups in total. The molecular weight excluding hydrogens is 411 g/mol. The van der Waals surface area contributed by atoms with E-state index < -0.39 is 6.10 Å². The van der Waals surface area contributed by atoms with Gasteiger partial charge in [0.15, 0.2) is 0 Å². The molecule has 1 aromatic carbocycles. The van der Waals surface area contributed by atoms with Crippen LogP contribution in [0.25, 0.3) is 0 Å². The van der Waals surface area contributed by atoms with Crippen LogP contribution in [0.2, 0.25) is 10.0 Å². The van der Waals surface area contributed by atoms with Gasteiger partial charge in [-0.2, -0.15) is 0 Å². The largest absolute Gasteiger partial charge is 0.493 e. The molecule has 7 heteroatoms. The summed E-state index contributed by atoms with van der Waals surface area (Å²) in [6.07, 6.45) is 6.90. The molecule has 0 heterocycles. The van der Waals surface area contributed by atoms with Gasteiger partial charge >= 0.3 is 5.97 Å². The molecule has 150 valence electrons. The first kappa shape index (κ1) is 22.4. The molecule has 1 aliphatic rings. The lowest BCUT2D eigenvalue weighted by Gasteiger charge is -2.22. The molecule has 0 unspecified atom stereocenters. The summed E-state index contributed by atoms with van der Waals surface area (Å²) >= 11 is 18.4. The number of halogens is 3. The first-order chi connectivity index (χ1) is 12.9. The Morgan fingerprint density at radius 3 is 2.59 bits per heavy atom. The van der Waals surface area contributed by atoms with Crippen LogP contribution < -0.4 is 4.74 Å². The summed E-state index contributed by atoms with van der Waals surface area (Å²) < 4.78 is 10.4. The quantitative estimate of drug-likeness (QED) is 0.248. The maximum Gasteiger partial charge on any atom is 0.305 e. The Kier molecular flexibility index (Phi) is 9.24. The van der Waals surface area contributed by atoms with E-state index in [1.165, 1.54) is 7.11 Å². The molecular formula is C20H25Cl3O4. The second-order valence-electron chi connectivity index (χ2n) is 6.74. The maximum absolute atomic E-state index is 11.1. The topological polar surface area (TPSA) is 55.8 Å². The average molecular weight is 436 g/mol. The van der Waals surface area contributed by atoms with Gasteiger partial charge in [0.2, 0.25) is 0 Å². The predicted molar refractivity (Wildman–Crippen MR) is 109 cm³/mol. The number of alkyl halides is 1. The third-order valence-electron chi connectivity index (χ3n) is 4.81. The van der Waals surface area contributed by atoms with Crippen molar-refractivity contribution in [3.8, 4) is 5.75 Å². The van der Waals surface area contributed by atoms with Gasteiger partial charge in [0.25, 0.3) is 0 Å². The number of allylic oxidation sites excluding steroid dienone is 2. The zero-order chi connectivity index (χ0) is 19.8. The van der Waals surface area contributed by atoms with Crippen molar-refractivity contribution < 1.29 is 19.4 Å². The highest BCUT2D eigenvalue weighted by Gasteiger charge is 2.41. The van der Waals surface area contributed by atoms with Gasteiger partial charge in [0.1, 0.15) is 5.75 Å². The standard InChI is InChI=1S/C20H25Cl3O4/c1-26-20(25)7-5-3-2-4-6-16-17(19(24)11-18(16)23)12-27-15-9-13(21)8-14(22)10-15/h2,4,8-10,16-19,24H,3,5-7,11-12H2,1H3/b4-2-/t16-,17-,18+,19-/m1/s1. The van der Waals surface area contributed by atoms with Crippen LogP contribution in [0.15, 0.2) is 30.4 Å². The van der Waals surface area contributed by atoms with Crippen LogP contribution >= 0.6 is 34.8 Å². The molecule has 1 saturated carbocycles. The number of aliphatic hydroxyl groups excluding tert-OH is 1. The third kappa shape index (κ3) is 7.19. The average Bonchev–Trinajstić information content (AvgIpc) is 2.88. The molecule has 1 fully saturated rings. The Hall–Kier alpha value is -0.940. The molecule has 1 aliphatic carbocycles. The van der Waals surface area contributed by atoms with Crippen molar-refractivity contribution in [2.75, 3.05) is 13.7 Å². The molecule has 0 aliphatic heterocycles. The molecule has 0 bridgehead atoms. The van der Waals surface area contributed by atoms with E-state index in [9.17, 15) is 9.90 Å². The Morgan fingerprint density at radius 2 is 1.93 bits per heavy atom. The minimum absolute atomic E-state index is 0.0648. The summed E-state index contributed by atoms with van der Waals surface area (Å²) in [5, 5.41) is 11.3. The second-order valence-corrected chi connectivity index (χ2v) is 8.17. The van der Waals surface area contributed by atoms with Gasteiger partial charge in [-0.25, -0.2) is 0 Å². The van der Waals surface area contributed by atoms with E-state index in [-0.39, 0.29) is 23.2 Å². The first-order valence-corrected chi connectivity index (χ1v) is 10.2. The predicted octanol–water partition coefficient (Wildman–Crippen LogP) is 5.27. The third-order valence-corrected chi connectivity index (χ3v) is 5.75.